The highest BCUT2D eigenvalue weighted by atomic mass is 32.1. The molecule has 1 aromatic carbocycles. The van der Waals surface area contributed by atoms with Crippen LogP contribution in [0.5, 0.6) is 0 Å². The zero-order chi connectivity index (χ0) is 16.4. The molecule has 2 aromatic heterocycles. The van der Waals surface area contributed by atoms with Crippen molar-refractivity contribution in [2.45, 2.75) is 33.4 Å². The highest BCUT2D eigenvalue weighted by molar-refractivity contribution is 7.09. The van der Waals surface area contributed by atoms with Gasteiger partial charge in [0.25, 0.3) is 0 Å². The highest BCUT2D eigenvalue weighted by Crippen LogP contribution is 2.22. The molecule has 120 valence electrons. The van der Waals surface area contributed by atoms with Crippen molar-refractivity contribution in [2.24, 2.45) is 0 Å². The van der Waals surface area contributed by atoms with E-state index in [0.717, 1.165) is 35.2 Å². The second kappa shape index (κ2) is 6.69. The summed E-state index contributed by atoms with van der Waals surface area (Å²) in [7, 11) is 0. The number of hydrogen-bond donors (Lipinski definition) is 2. The van der Waals surface area contributed by atoms with Crippen LogP contribution < -0.4 is 4.90 Å². The van der Waals surface area contributed by atoms with Gasteiger partial charge in [0.15, 0.2) is 0 Å². The fourth-order valence-corrected chi connectivity index (χ4v) is 3.98. The lowest BCUT2D eigenvalue weighted by atomic mass is 10.0. The summed E-state index contributed by atoms with van der Waals surface area (Å²) in [6, 6.07) is 12.2. The fraction of sp³-hybridized carbons (Fsp3) is 0.316. The second-order valence-corrected chi connectivity index (χ2v) is 7.06. The van der Waals surface area contributed by atoms with Crippen LogP contribution in [0.3, 0.4) is 0 Å². The minimum atomic E-state index is -0.0555. The molecule has 0 aliphatic carbocycles. The minimum absolute atomic E-state index is 0.0555. The van der Waals surface area contributed by atoms with Gasteiger partial charge in [0.1, 0.15) is 12.6 Å². The normalized spacial score (nSPS) is 14.0. The Labute approximate surface area is 140 Å². The predicted molar refractivity (Wildman–Crippen MR) is 96.4 cm³/mol. The first-order valence-electron chi connectivity index (χ1n) is 8.10. The van der Waals surface area contributed by atoms with Crippen LogP contribution in [0.1, 0.15) is 34.8 Å². The van der Waals surface area contributed by atoms with Gasteiger partial charge >= 0.3 is 0 Å². The summed E-state index contributed by atoms with van der Waals surface area (Å²) in [4.78, 5) is 19.1. The molecular weight excluding hydrogens is 304 g/mol. The number of rotatable bonds is 6. The van der Waals surface area contributed by atoms with E-state index in [1.54, 1.807) is 11.3 Å². The predicted octanol–water partition coefficient (Wildman–Crippen LogP) is 3.21. The maximum absolute atomic E-state index is 13.1. The molecule has 0 aliphatic heterocycles. The van der Waals surface area contributed by atoms with Gasteiger partial charge in [-0.3, -0.25) is 4.79 Å². The van der Waals surface area contributed by atoms with Gasteiger partial charge in [-0.25, -0.2) is 0 Å². The van der Waals surface area contributed by atoms with E-state index in [0.29, 0.717) is 0 Å². The van der Waals surface area contributed by atoms with Crippen molar-refractivity contribution >= 4 is 28.0 Å². The molecule has 2 atom stereocenters. The largest absolute Gasteiger partial charge is 0.358 e. The molecule has 0 saturated carbocycles. The summed E-state index contributed by atoms with van der Waals surface area (Å²) in [5.41, 5.74) is 2.86. The molecule has 0 spiro atoms. The van der Waals surface area contributed by atoms with Crippen LogP contribution in [0.25, 0.3) is 10.9 Å². The van der Waals surface area contributed by atoms with Gasteiger partial charge in [0.05, 0.1) is 17.0 Å². The molecule has 1 unspecified atom stereocenters. The standard InChI is InChI=1S/C19H22N2OS/c1-4-21(12-15-8-7-11-23-15)14(3)19(22)18-13(2)20-17-10-6-5-9-16(17)18/h5-11,14,20H,4,12H2,1-3H3/p+1/t14-/m1/s1. The number of H-pyrrole nitrogens is 1. The molecular formula is C19H23N2OS+. The minimum Gasteiger partial charge on any atom is -0.358 e. The Kier molecular flexibility index (Phi) is 4.64. The quantitative estimate of drug-likeness (QED) is 0.670. The Hall–Kier alpha value is -1.91. The molecule has 4 heteroatoms. The number of aromatic amines is 1. The third-order valence-corrected chi connectivity index (χ3v) is 5.46. The van der Waals surface area contributed by atoms with Gasteiger partial charge in [0, 0.05) is 16.6 Å². The molecule has 0 aliphatic rings. The Morgan fingerprint density at radius 2 is 2.04 bits per heavy atom. The SMILES string of the molecule is CC[NH+](Cc1cccs1)[C@H](C)C(=O)c1c(C)[nH]c2ccccc12. The van der Waals surface area contributed by atoms with Crippen LogP contribution in [0.2, 0.25) is 0 Å². The number of thiophene rings is 1. The van der Waals surface area contributed by atoms with Gasteiger partial charge in [-0.05, 0) is 38.3 Å². The summed E-state index contributed by atoms with van der Waals surface area (Å²) >= 11 is 1.76. The van der Waals surface area contributed by atoms with Crippen molar-refractivity contribution in [2.75, 3.05) is 6.54 Å². The van der Waals surface area contributed by atoms with Crippen molar-refractivity contribution < 1.29 is 9.69 Å². The third-order valence-electron chi connectivity index (χ3n) is 4.58. The number of aromatic nitrogens is 1. The number of ketones is 1. The molecule has 0 saturated heterocycles. The van der Waals surface area contributed by atoms with Crippen LogP contribution in [0.15, 0.2) is 41.8 Å². The Morgan fingerprint density at radius 1 is 1.26 bits per heavy atom. The molecule has 0 fully saturated rings. The topological polar surface area (TPSA) is 37.3 Å². The van der Waals surface area contributed by atoms with E-state index in [9.17, 15) is 4.79 Å². The van der Waals surface area contributed by atoms with E-state index < -0.39 is 0 Å². The number of aryl methyl sites for hydroxylation is 1. The van der Waals surface area contributed by atoms with Gasteiger partial charge in [-0.2, -0.15) is 0 Å². The van der Waals surface area contributed by atoms with Crippen LogP contribution in [0.4, 0.5) is 0 Å². The van der Waals surface area contributed by atoms with Gasteiger partial charge in [-0.1, -0.05) is 24.3 Å². The van der Waals surface area contributed by atoms with E-state index in [1.165, 1.54) is 9.78 Å². The molecule has 0 amide bonds. The zero-order valence-corrected chi connectivity index (χ0v) is 14.7. The average Bonchev–Trinajstić information content (AvgIpc) is 3.17. The second-order valence-electron chi connectivity index (χ2n) is 6.02. The lowest BCUT2D eigenvalue weighted by Gasteiger charge is -2.23. The summed E-state index contributed by atoms with van der Waals surface area (Å²) in [5, 5.41) is 3.13. The molecule has 2 heterocycles. The van der Waals surface area contributed by atoms with E-state index in [-0.39, 0.29) is 11.8 Å². The number of fused-ring (bicyclic) bond motifs is 1. The van der Waals surface area contributed by atoms with Crippen LogP contribution in [-0.2, 0) is 6.54 Å². The molecule has 3 aromatic rings. The maximum Gasteiger partial charge on any atom is 0.222 e. The zero-order valence-electron chi connectivity index (χ0n) is 13.8. The van der Waals surface area contributed by atoms with Crippen LogP contribution in [-0.4, -0.2) is 23.4 Å². The summed E-state index contributed by atoms with van der Waals surface area (Å²) in [5.74, 6) is 0.230. The first-order valence-corrected chi connectivity index (χ1v) is 8.98. The lowest BCUT2D eigenvalue weighted by molar-refractivity contribution is -0.925. The van der Waals surface area contributed by atoms with Crippen LogP contribution in [0, 0.1) is 6.92 Å². The van der Waals surface area contributed by atoms with Crippen molar-refractivity contribution in [3.05, 3.63) is 57.9 Å². The van der Waals surface area contributed by atoms with Gasteiger partial charge in [0.2, 0.25) is 5.78 Å². The molecule has 23 heavy (non-hydrogen) atoms. The van der Waals surface area contributed by atoms with Crippen molar-refractivity contribution in [1.82, 2.24) is 4.98 Å². The fourth-order valence-electron chi connectivity index (χ4n) is 3.22. The van der Waals surface area contributed by atoms with E-state index in [2.05, 4.69) is 36.3 Å². The first-order chi connectivity index (χ1) is 11.1. The van der Waals surface area contributed by atoms with Crippen molar-refractivity contribution in [3.8, 4) is 0 Å². The maximum atomic E-state index is 13.1. The number of quaternary nitrogens is 1. The van der Waals surface area contributed by atoms with Gasteiger partial charge in [-0.15, -0.1) is 11.3 Å². The van der Waals surface area contributed by atoms with Crippen molar-refractivity contribution in [3.63, 3.8) is 0 Å². The highest BCUT2D eigenvalue weighted by Gasteiger charge is 2.28. The number of nitrogens with one attached hydrogen (secondary N) is 2. The number of likely N-dealkylation sites (N-methyl/N-ethyl adjacent to an activating group) is 1. The third kappa shape index (κ3) is 3.09. The Morgan fingerprint density at radius 3 is 2.74 bits per heavy atom. The number of benzene rings is 1. The van der Waals surface area contributed by atoms with Crippen LogP contribution >= 0.6 is 11.3 Å². The average molecular weight is 327 g/mol. The summed E-state index contributed by atoms with van der Waals surface area (Å²) < 4.78 is 0. The van der Waals surface area contributed by atoms with Crippen molar-refractivity contribution in [1.29, 1.82) is 0 Å². The Bertz CT molecular complexity index is 804. The lowest BCUT2D eigenvalue weighted by Crippen LogP contribution is -3.14. The van der Waals surface area contributed by atoms with E-state index >= 15 is 0 Å². The Balaban J connectivity index is 1.89. The van der Waals surface area contributed by atoms with E-state index in [1.807, 2.05) is 31.2 Å². The number of carbonyl (C=O) groups excluding carboxylic acids is 1. The number of carbonyl (C=O) groups is 1. The number of para-hydroxylation sites is 1. The first kappa shape index (κ1) is 16.0. The summed E-state index contributed by atoms with van der Waals surface area (Å²) in [6.07, 6.45) is 0. The molecule has 0 radical (unpaired) electrons. The smallest absolute Gasteiger partial charge is 0.222 e. The number of Topliss-reactive ketones (excluding diaryl/α,β-unsaturated/α-hetero) is 1. The molecule has 0 bridgehead atoms. The molecule has 3 nitrogen and oxygen atoms in total. The summed E-state index contributed by atoms with van der Waals surface area (Å²) in [6.45, 7) is 8.03. The number of hydrogen-bond acceptors (Lipinski definition) is 2. The van der Waals surface area contributed by atoms with E-state index in [4.69, 9.17) is 0 Å². The van der Waals surface area contributed by atoms with Gasteiger partial charge < -0.3 is 9.88 Å². The molecule has 3 rings (SSSR count). The monoisotopic (exact) mass is 327 g/mol. The molecule has 2 N–H and O–H groups in total.